The third-order valence-electron chi connectivity index (χ3n) is 3.79. The highest BCUT2D eigenvalue weighted by molar-refractivity contribution is 5.76. The third kappa shape index (κ3) is 4.59. The minimum absolute atomic E-state index is 0.0633. The Balaban J connectivity index is 1.91. The lowest BCUT2D eigenvalue weighted by molar-refractivity contribution is -0.138. The Morgan fingerprint density at radius 2 is 1.96 bits per heavy atom. The Morgan fingerprint density at radius 1 is 1.25 bits per heavy atom. The molecule has 7 heteroatoms. The van der Waals surface area contributed by atoms with Crippen LogP contribution in [0.5, 0.6) is 0 Å². The fourth-order valence-electron chi connectivity index (χ4n) is 2.45. The molecule has 0 radical (unpaired) electrons. The smallest absolute Gasteiger partial charge is 0.352 e. The van der Waals surface area contributed by atoms with Crippen molar-refractivity contribution in [2.75, 3.05) is 0 Å². The van der Waals surface area contributed by atoms with Crippen molar-refractivity contribution >= 4 is 5.91 Å². The Labute approximate surface area is 138 Å². The van der Waals surface area contributed by atoms with Crippen LogP contribution in [-0.2, 0) is 30.5 Å². The quantitative estimate of drug-likeness (QED) is 0.876. The van der Waals surface area contributed by atoms with Gasteiger partial charge in [-0.3, -0.25) is 9.48 Å². The first-order valence-corrected chi connectivity index (χ1v) is 7.76. The van der Waals surface area contributed by atoms with Crippen LogP contribution in [0, 0.1) is 6.92 Å². The van der Waals surface area contributed by atoms with E-state index in [0.717, 1.165) is 23.9 Å². The first kappa shape index (κ1) is 18.0. The molecule has 0 spiro atoms. The molecule has 0 unspecified atom stereocenters. The Morgan fingerprint density at radius 3 is 2.58 bits per heavy atom. The summed E-state index contributed by atoms with van der Waals surface area (Å²) in [4.78, 5) is 11.9. The molecule has 0 aliphatic rings. The van der Waals surface area contributed by atoms with Gasteiger partial charge in [-0.25, -0.2) is 0 Å². The van der Waals surface area contributed by atoms with Crippen LogP contribution in [0.15, 0.2) is 30.5 Å². The first-order valence-electron chi connectivity index (χ1n) is 7.76. The second-order valence-electron chi connectivity index (χ2n) is 5.53. The number of nitrogens with zero attached hydrogens (tertiary/aromatic N) is 2. The summed E-state index contributed by atoms with van der Waals surface area (Å²) in [5, 5.41) is 6.86. The van der Waals surface area contributed by atoms with E-state index in [2.05, 4.69) is 10.4 Å². The molecule has 0 atom stereocenters. The van der Waals surface area contributed by atoms with Crippen LogP contribution >= 0.6 is 0 Å². The van der Waals surface area contributed by atoms with Gasteiger partial charge in [0.1, 0.15) is 0 Å². The molecule has 0 saturated heterocycles. The van der Waals surface area contributed by atoms with Crippen LogP contribution in [-0.4, -0.2) is 15.7 Å². The van der Waals surface area contributed by atoms with E-state index < -0.39 is 11.7 Å². The van der Waals surface area contributed by atoms with Crippen LogP contribution in [0.3, 0.4) is 0 Å². The molecule has 2 rings (SSSR count). The van der Waals surface area contributed by atoms with Gasteiger partial charge in [-0.2, -0.15) is 18.3 Å². The normalized spacial score (nSPS) is 11.5. The maximum absolute atomic E-state index is 12.9. The van der Waals surface area contributed by atoms with E-state index in [1.54, 1.807) is 4.68 Å². The van der Waals surface area contributed by atoms with Crippen LogP contribution in [0.1, 0.15) is 35.7 Å². The summed E-state index contributed by atoms with van der Waals surface area (Å²) in [5.41, 5.74) is 1.19. The van der Waals surface area contributed by atoms with E-state index >= 15 is 0 Å². The molecule has 0 saturated carbocycles. The summed E-state index contributed by atoms with van der Waals surface area (Å²) in [6, 6.07) is 5.25. The zero-order valence-electron chi connectivity index (χ0n) is 13.7. The Hall–Kier alpha value is -2.31. The lowest BCUT2D eigenvalue weighted by Gasteiger charge is -2.13. The van der Waals surface area contributed by atoms with Crippen molar-refractivity contribution < 1.29 is 18.0 Å². The van der Waals surface area contributed by atoms with Crippen molar-refractivity contribution in [1.82, 2.24) is 15.1 Å². The molecule has 2 aromatic rings. The Kier molecular flexibility index (Phi) is 5.64. The van der Waals surface area contributed by atoms with Gasteiger partial charge in [0.15, 0.2) is 0 Å². The summed E-state index contributed by atoms with van der Waals surface area (Å²) in [7, 11) is 0. The van der Waals surface area contributed by atoms with E-state index in [1.807, 2.05) is 20.0 Å². The van der Waals surface area contributed by atoms with Crippen molar-refractivity contribution in [2.45, 2.75) is 46.0 Å². The number of amides is 1. The highest BCUT2D eigenvalue weighted by Gasteiger charge is 2.32. The predicted molar refractivity (Wildman–Crippen MR) is 84.2 cm³/mol. The van der Waals surface area contributed by atoms with E-state index in [4.69, 9.17) is 0 Å². The van der Waals surface area contributed by atoms with Crippen LogP contribution < -0.4 is 5.32 Å². The van der Waals surface area contributed by atoms with Gasteiger partial charge in [0.05, 0.1) is 11.3 Å². The SMILES string of the molecule is CCn1cc(CCC(=O)NCc2ccccc2C(F)(F)F)c(C)n1. The molecule has 1 amide bonds. The van der Waals surface area contributed by atoms with Crippen molar-refractivity contribution in [2.24, 2.45) is 0 Å². The van der Waals surface area contributed by atoms with Crippen molar-refractivity contribution in [3.63, 3.8) is 0 Å². The van der Waals surface area contributed by atoms with Crippen molar-refractivity contribution in [1.29, 1.82) is 0 Å². The number of carbonyl (C=O) groups is 1. The molecular formula is C17H20F3N3O. The topological polar surface area (TPSA) is 46.9 Å². The van der Waals surface area contributed by atoms with Crippen molar-refractivity contribution in [3.05, 3.63) is 52.8 Å². The fourth-order valence-corrected chi connectivity index (χ4v) is 2.45. The molecule has 1 aromatic carbocycles. The molecule has 0 fully saturated rings. The third-order valence-corrected chi connectivity index (χ3v) is 3.79. The number of halogens is 3. The Bertz CT molecular complexity index is 707. The highest BCUT2D eigenvalue weighted by Crippen LogP contribution is 2.31. The number of rotatable bonds is 6. The number of hydrogen-bond acceptors (Lipinski definition) is 2. The zero-order valence-corrected chi connectivity index (χ0v) is 13.7. The molecule has 1 heterocycles. The van der Waals surface area contributed by atoms with Gasteiger partial charge >= 0.3 is 6.18 Å². The minimum atomic E-state index is -4.42. The largest absolute Gasteiger partial charge is 0.416 e. The van der Waals surface area contributed by atoms with Crippen LogP contribution in [0.2, 0.25) is 0 Å². The summed E-state index contributed by atoms with van der Waals surface area (Å²) < 4.78 is 40.5. The van der Waals surface area contributed by atoms with Gasteiger partial charge in [-0.05, 0) is 37.5 Å². The summed E-state index contributed by atoms with van der Waals surface area (Å²) in [6.07, 6.45) is -1.81. The molecule has 0 bridgehead atoms. The zero-order chi connectivity index (χ0) is 17.7. The molecule has 4 nitrogen and oxygen atoms in total. The number of hydrogen-bond donors (Lipinski definition) is 1. The lowest BCUT2D eigenvalue weighted by atomic mass is 10.1. The standard InChI is InChI=1S/C17H20F3N3O/c1-3-23-11-14(12(2)22-23)8-9-16(24)21-10-13-6-4-5-7-15(13)17(18,19)20/h4-7,11H,3,8-10H2,1-2H3,(H,21,24). The first-order chi connectivity index (χ1) is 11.3. The predicted octanol–water partition coefficient (Wildman–Crippen LogP) is 3.48. The summed E-state index contributed by atoms with van der Waals surface area (Å²) >= 11 is 0. The van der Waals surface area contributed by atoms with Gasteiger partial charge in [0.25, 0.3) is 0 Å². The van der Waals surface area contributed by atoms with E-state index in [0.29, 0.717) is 6.42 Å². The van der Waals surface area contributed by atoms with Crippen LogP contribution in [0.4, 0.5) is 13.2 Å². The van der Waals surface area contributed by atoms with Gasteiger partial charge in [-0.1, -0.05) is 18.2 Å². The number of benzene rings is 1. The number of nitrogens with one attached hydrogen (secondary N) is 1. The average Bonchev–Trinajstić information content (AvgIpc) is 2.90. The van der Waals surface area contributed by atoms with E-state index in [9.17, 15) is 18.0 Å². The molecular weight excluding hydrogens is 319 g/mol. The van der Waals surface area contributed by atoms with Gasteiger partial charge in [-0.15, -0.1) is 0 Å². The maximum Gasteiger partial charge on any atom is 0.416 e. The summed E-state index contributed by atoms with van der Waals surface area (Å²) in [6.45, 7) is 4.46. The molecule has 1 N–H and O–H groups in total. The highest BCUT2D eigenvalue weighted by atomic mass is 19.4. The minimum Gasteiger partial charge on any atom is -0.352 e. The van der Waals surface area contributed by atoms with Gasteiger partial charge < -0.3 is 5.32 Å². The van der Waals surface area contributed by atoms with E-state index in [-0.39, 0.29) is 24.4 Å². The maximum atomic E-state index is 12.9. The molecule has 1 aromatic heterocycles. The van der Waals surface area contributed by atoms with Crippen LogP contribution in [0.25, 0.3) is 0 Å². The second-order valence-corrected chi connectivity index (χ2v) is 5.53. The lowest BCUT2D eigenvalue weighted by Crippen LogP contribution is -2.24. The second kappa shape index (κ2) is 7.51. The van der Waals surface area contributed by atoms with Gasteiger partial charge in [0, 0.05) is 25.7 Å². The number of carbonyl (C=O) groups excluding carboxylic acids is 1. The number of aryl methyl sites for hydroxylation is 3. The average molecular weight is 339 g/mol. The van der Waals surface area contributed by atoms with Gasteiger partial charge in [0.2, 0.25) is 5.91 Å². The fraction of sp³-hybridized carbons (Fsp3) is 0.412. The molecule has 0 aliphatic carbocycles. The van der Waals surface area contributed by atoms with E-state index in [1.165, 1.54) is 18.2 Å². The number of alkyl halides is 3. The molecule has 24 heavy (non-hydrogen) atoms. The molecule has 0 aliphatic heterocycles. The number of aromatic nitrogens is 2. The van der Waals surface area contributed by atoms with Crippen molar-refractivity contribution in [3.8, 4) is 0 Å². The molecule has 130 valence electrons. The monoisotopic (exact) mass is 339 g/mol. The summed E-state index contributed by atoms with van der Waals surface area (Å²) in [5.74, 6) is -0.282.